The minimum absolute atomic E-state index is 0.388. The van der Waals surface area contributed by atoms with Gasteiger partial charge in [0, 0.05) is 32.4 Å². The van der Waals surface area contributed by atoms with Crippen molar-refractivity contribution in [3.63, 3.8) is 0 Å². The number of aryl methyl sites for hydroxylation is 1. The van der Waals surface area contributed by atoms with Crippen LogP contribution in [0, 0.1) is 12.8 Å². The highest BCUT2D eigenvalue weighted by Crippen LogP contribution is 2.18. The monoisotopic (exact) mass is 394 g/mol. The molecule has 0 spiro atoms. The number of nitrogens with zero attached hydrogens (tertiary/aromatic N) is 2. The zero-order valence-corrected chi connectivity index (χ0v) is 18.1. The first-order chi connectivity index (χ1) is 12.7. The third-order valence-electron chi connectivity index (χ3n) is 5.18. The summed E-state index contributed by atoms with van der Waals surface area (Å²) in [7, 11) is -1.41. The van der Waals surface area contributed by atoms with Crippen LogP contribution >= 0.6 is 0 Å². The molecular formula is C20H34N4O2S. The van der Waals surface area contributed by atoms with Crippen molar-refractivity contribution in [2.45, 2.75) is 51.1 Å². The highest BCUT2D eigenvalue weighted by atomic mass is 32.2. The van der Waals surface area contributed by atoms with Crippen LogP contribution in [0.15, 0.2) is 28.1 Å². The van der Waals surface area contributed by atoms with Crippen molar-refractivity contribution < 1.29 is 8.42 Å². The fourth-order valence-electron chi connectivity index (χ4n) is 3.70. The van der Waals surface area contributed by atoms with Crippen LogP contribution in [0.4, 0.5) is 0 Å². The molecule has 1 saturated heterocycles. The Balaban J connectivity index is 1.92. The van der Waals surface area contributed by atoms with E-state index >= 15 is 0 Å². The molecule has 7 heteroatoms. The van der Waals surface area contributed by atoms with E-state index in [0.29, 0.717) is 23.4 Å². The predicted octanol–water partition coefficient (Wildman–Crippen LogP) is 2.18. The van der Waals surface area contributed by atoms with E-state index in [9.17, 15) is 8.42 Å². The van der Waals surface area contributed by atoms with Gasteiger partial charge >= 0.3 is 0 Å². The van der Waals surface area contributed by atoms with E-state index in [1.807, 2.05) is 19.1 Å². The van der Waals surface area contributed by atoms with Gasteiger partial charge in [0.05, 0.1) is 4.90 Å². The van der Waals surface area contributed by atoms with Gasteiger partial charge in [0.15, 0.2) is 15.8 Å². The van der Waals surface area contributed by atoms with E-state index in [-0.39, 0.29) is 0 Å². The smallest absolute Gasteiger partial charge is 0.191 e. The van der Waals surface area contributed by atoms with Gasteiger partial charge in [-0.2, -0.15) is 0 Å². The van der Waals surface area contributed by atoms with Crippen molar-refractivity contribution in [3.05, 3.63) is 29.3 Å². The molecule has 6 nitrogen and oxygen atoms in total. The number of guanidine groups is 1. The second kappa shape index (κ2) is 9.55. The number of hydrogen-bond donors (Lipinski definition) is 2. The van der Waals surface area contributed by atoms with E-state index in [1.54, 1.807) is 13.1 Å². The maximum atomic E-state index is 11.7. The lowest BCUT2D eigenvalue weighted by Crippen LogP contribution is -2.48. The highest BCUT2D eigenvalue weighted by molar-refractivity contribution is 7.90. The molecular weight excluding hydrogens is 360 g/mol. The Bertz CT molecular complexity index is 753. The van der Waals surface area contributed by atoms with Crippen LogP contribution in [0.5, 0.6) is 0 Å². The lowest BCUT2D eigenvalue weighted by Gasteiger charge is -2.31. The predicted molar refractivity (Wildman–Crippen MR) is 112 cm³/mol. The van der Waals surface area contributed by atoms with Gasteiger partial charge in [-0.15, -0.1) is 0 Å². The summed E-state index contributed by atoms with van der Waals surface area (Å²) in [6.45, 7) is 10.2. The largest absolute Gasteiger partial charge is 0.355 e. The summed E-state index contributed by atoms with van der Waals surface area (Å²) in [6, 6.07) is 5.95. The van der Waals surface area contributed by atoms with Crippen LogP contribution in [-0.4, -0.2) is 58.3 Å². The molecule has 1 aromatic rings. The molecule has 152 valence electrons. The summed E-state index contributed by atoms with van der Waals surface area (Å²) in [5.41, 5.74) is 1.80. The van der Waals surface area contributed by atoms with E-state index in [1.165, 1.54) is 32.2 Å². The van der Waals surface area contributed by atoms with Crippen LogP contribution in [0.3, 0.4) is 0 Å². The van der Waals surface area contributed by atoms with Crippen LogP contribution in [0.25, 0.3) is 0 Å². The molecule has 0 saturated carbocycles. The van der Waals surface area contributed by atoms with E-state index in [2.05, 4.69) is 34.4 Å². The number of likely N-dealkylation sites (tertiary alicyclic amines) is 1. The molecule has 0 aromatic heterocycles. The van der Waals surface area contributed by atoms with Crippen molar-refractivity contribution in [3.8, 4) is 0 Å². The zero-order chi connectivity index (χ0) is 20.0. The quantitative estimate of drug-likeness (QED) is 0.548. The minimum atomic E-state index is -3.18. The van der Waals surface area contributed by atoms with Crippen molar-refractivity contribution in [2.75, 3.05) is 32.9 Å². The minimum Gasteiger partial charge on any atom is -0.355 e. The topological polar surface area (TPSA) is 73.8 Å². The molecule has 1 heterocycles. The highest BCUT2D eigenvalue weighted by Gasteiger charge is 2.24. The maximum absolute atomic E-state index is 11.7. The lowest BCUT2D eigenvalue weighted by molar-refractivity contribution is 0.192. The van der Waals surface area contributed by atoms with E-state index in [0.717, 1.165) is 23.6 Å². The number of aliphatic imine (C=N–C) groups is 1. The molecule has 1 unspecified atom stereocenters. The number of hydrogen-bond acceptors (Lipinski definition) is 4. The Morgan fingerprint density at radius 2 is 1.89 bits per heavy atom. The number of benzene rings is 1. The number of nitrogens with one attached hydrogen (secondary N) is 2. The second-order valence-corrected chi connectivity index (χ2v) is 9.72. The molecule has 27 heavy (non-hydrogen) atoms. The van der Waals surface area contributed by atoms with Crippen molar-refractivity contribution in [2.24, 2.45) is 10.9 Å². The first kappa shape index (κ1) is 21.7. The van der Waals surface area contributed by atoms with Gasteiger partial charge in [-0.25, -0.2) is 8.42 Å². The van der Waals surface area contributed by atoms with Gasteiger partial charge in [0.1, 0.15) is 0 Å². The average Bonchev–Trinajstić information content (AvgIpc) is 3.10. The standard InChI is InChI=1S/C20H34N4O2S/c1-15(2)18(24-10-6-7-11-24)14-23-20(21-4)22-13-17-8-9-19(16(3)12-17)27(5,25)26/h8-9,12,15,18H,6-7,10-11,13-14H2,1-5H3,(H2,21,22,23). The first-order valence-electron chi connectivity index (χ1n) is 9.70. The zero-order valence-electron chi connectivity index (χ0n) is 17.2. The molecule has 0 aliphatic carbocycles. The number of rotatable bonds is 7. The van der Waals surface area contributed by atoms with Gasteiger partial charge in [-0.05, 0) is 56.0 Å². The summed E-state index contributed by atoms with van der Waals surface area (Å²) >= 11 is 0. The Morgan fingerprint density at radius 3 is 2.41 bits per heavy atom. The second-order valence-electron chi connectivity index (χ2n) is 7.73. The summed E-state index contributed by atoms with van der Waals surface area (Å²) in [4.78, 5) is 7.28. The van der Waals surface area contributed by atoms with Crippen LogP contribution in [-0.2, 0) is 16.4 Å². The Hall–Kier alpha value is -1.60. The van der Waals surface area contributed by atoms with Gasteiger partial charge in [-0.1, -0.05) is 26.0 Å². The SMILES string of the molecule is CN=C(NCc1ccc(S(C)(=O)=O)c(C)c1)NCC(C(C)C)N1CCCC1. The fourth-order valence-corrected chi connectivity index (χ4v) is 4.66. The van der Waals surface area contributed by atoms with Crippen molar-refractivity contribution in [1.29, 1.82) is 0 Å². The van der Waals surface area contributed by atoms with Crippen LogP contribution in [0.1, 0.15) is 37.8 Å². The molecule has 1 aromatic carbocycles. The summed E-state index contributed by atoms with van der Waals surface area (Å²) in [5.74, 6) is 1.35. The molecule has 1 aliphatic rings. The van der Waals surface area contributed by atoms with Crippen molar-refractivity contribution >= 4 is 15.8 Å². The normalized spacial score (nSPS) is 17.3. The molecule has 2 N–H and O–H groups in total. The van der Waals surface area contributed by atoms with Crippen LogP contribution < -0.4 is 10.6 Å². The van der Waals surface area contributed by atoms with Gasteiger partial charge < -0.3 is 10.6 Å². The average molecular weight is 395 g/mol. The number of sulfone groups is 1. The Morgan fingerprint density at radius 1 is 1.22 bits per heavy atom. The van der Waals surface area contributed by atoms with Crippen molar-refractivity contribution in [1.82, 2.24) is 15.5 Å². The van der Waals surface area contributed by atoms with E-state index < -0.39 is 9.84 Å². The lowest BCUT2D eigenvalue weighted by atomic mass is 10.0. The molecule has 0 amide bonds. The molecule has 1 atom stereocenters. The Labute approximate surface area is 164 Å². The molecule has 0 bridgehead atoms. The van der Waals surface area contributed by atoms with Gasteiger partial charge in [-0.3, -0.25) is 9.89 Å². The molecule has 1 aliphatic heterocycles. The summed E-state index contributed by atoms with van der Waals surface area (Å²) in [5, 5.41) is 6.78. The van der Waals surface area contributed by atoms with Crippen LogP contribution in [0.2, 0.25) is 0 Å². The third kappa shape index (κ3) is 6.21. The molecule has 2 rings (SSSR count). The Kier molecular flexibility index (Phi) is 7.68. The fraction of sp³-hybridized carbons (Fsp3) is 0.650. The summed E-state index contributed by atoms with van der Waals surface area (Å²) < 4.78 is 23.5. The maximum Gasteiger partial charge on any atom is 0.191 e. The molecule has 0 radical (unpaired) electrons. The van der Waals surface area contributed by atoms with Gasteiger partial charge in [0.25, 0.3) is 0 Å². The summed E-state index contributed by atoms with van der Waals surface area (Å²) in [6.07, 6.45) is 3.82. The first-order valence-corrected chi connectivity index (χ1v) is 11.6. The van der Waals surface area contributed by atoms with E-state index in [4.69, 9.17) is 0 Å². The van der Waals surface area contributed by atoms with Gasteiger partial charge in [0.2, 0.25) is 0 Å². The molecule has 1 fully saturated rings. The third-order valence-corrected chi connectivity index (χ3v) is 6.44.